The van der Waals surface area contributed by atoms with Gasteiger partial charge in [0.1, 0.15) is 0 Å². The zero-order valence-corrected chi connectivity index (χ0v) is 16.6. The van der Waals surface area contributed by atoms with Crippen molar-refractivity contribution in [2.45, 2.75) is 38.6 Å². The minimum absolute atomic E-state index is 0.0567. The highest BCUT2D eigenvalue weighted by atomic mass is 32.2. The minimum atomic E-state index is -3.29. The summed E-state index contributed by atoms with van der Waals surface area (Å²) in [6.07, 6.45) is 4.54. The molecule has 1 N–H and O–H groups in total. The van der Waals surface area contributed by atoms with Crippen molar-refractivity contribution >= 4 is 21.6 Å². The van der Waals surface area contributed by atoms with Crippen molar-refractivity contribution < 1.29 is 13.2 Å². The van der Waals surface area contributed by atoms with Crippen LogP contribution < -0.4 is 9.62 Å². The van der Waals surface area contributed by atoms with Gasteiger partial charge in [0.2, 0.25) is 10.0 Å². The molecule has 0 bridgehead atoms. The normalized spacial score (nSPS) is 15.1. The van der Waals surface area contributed by atoms with Gasteiger partial charge < -0.3 is 5.32 Å². The van der Waals surface area contributed by atoms with Crippen molar-refractivity contribution in [3.8, 4) is 0 Å². The SMILES string of the molecule is C[C@H](CCc1ccccc1)NC(=O)c1ccc2c(c1)CCCN2S(C)(=O)=O. The molecule has 0 aromatic heterocycles. The van der Waals surface area contributed by atoms with Gasteiger partial charge in [0.25, 0.3) is 5.91 Å². The van der Waals surface area contributed by atoms with Crippen LogP contribution >= 0.6 is 0 Å². The number of nitrogens with zero attached hydrogens (tertiary/aromatic N) is 1. The van der Waals surface area contributed by atoms with Crippen LogP contribution in [-0.2, 0) is 22.9 Å². The molecule has 144 valence electrons. The molecule has 0 unspecified atom stereocenters. The number of hydrogen-bond acceptors (Lipinski definition) is 3. The lowest BCUT2D eigenvalue weighted by molar-refractivity contribution is 0.0938. The lowest BCUT2D eigenvalue weighted by Gasteiger charge is -2.29. The van der Waals surface area contributed by atoms with Gasteiger partial charge in [0.05, 0.1) is 11.9 Å². The Morgan fingerprint density at radius 2 is 1.93 bits per heavy atom. The first kappa shape index (κ1) is 19.4. The van der Waals surface area contributed by atoms with E-state index in [1.807, 2.05) is 31.2 Å². The summed E-state index contributed by atoms with van der Waals surface area (Å²) in [5.41, 5.74) is 3.44. The summed E-state index contributed by atoms with van der Waals surface area (Å²) in [5.74, 6) is -0.116. The fourth-order valence-electron chi connectivity index (χ4n) is 3.46. The van der Waals surface area contributed by atoms with Crippen molar-refractivity contribution in [3.63, 3.8) is 0 Å². The van der Waals surface area contributed by atoms with E-state index < -0.39 is 10.0 Å². The number of rotatable bonds is 6. The molecule has 0 saturated carbocycles. The Morgan fingerprint density at radius 3 is 2.63 bits per heavy atom. The number of sulfonamides is 1. The molecule has 1 aliphatic heterocycles. The van der Waals surface area contributed by atoms with E-state index in [4.69, 9.17) is 0 Å². The molecule has 1 aliphatic rings. The predicted molar refractivity (Wildman–Crippen MR) is 109 cm³/mol. The highest BCUT2D eigenvalue weighted by molar-refractivity contribution is 7.92. The number of carbonyl (C=O) groups excluding carboxylic acids is 1. The molecule has 0 radical (unpaired) electrons. The van der Waals surface area contributed by atoms with Crippen molar-refractivity contribution in [1.29, 1.82) is 0 Å². The van der Waals surface area contributed by atoms with Gasteiger partial charge in [-0.2, -0.15) is 0 Å². The van der Waals surface area contributed by atoms with Gasteiger partial charge >= 0.3 is 0 Å². The monoisotopic (exact) mass is 386 g/mol. The molecule has 2 aromatic carbocycles. The first-order valence-corrected chi connectivity index (χ1v) is 11.1. The molecular weight excluding hydrogens is 360 g/mol. The molecule has 0 saturated heterocycles. The second kappa shape index (κ2) is 8.13. The molecule has 0 spiro atoms. The van der Waals surface area contributed by atoms with Crippen molar-refractivity contribution in [1.82, 2.24) is 5.32 Å². The highest BCUT2D eigenvalue weighted by Crippen LogP contribution is 2.29. The molecule has 0 fully saturated rings. The molecule has 6 heteroatoms. The predicted octanol–water partition coefficient (Wildman–Crippen LogP) is 3.15. The lowest BCUT2D eigenvalue weighted by atomic mass is 10.00. The fraction of sp³-hybridized carbons (Fsp3) is 0.381. The van der Waals surface area contributed by atoms with E-state index in [1.54, 1.807) is 12.1 Å². The summed E-state index contributed by atoms with van der Waals surface area (Å²) < 4.78 is 25.3. The van der Waals surface area contributed by atoms with Gasteiger partial charge in [-0.05, 0) is 61.9 Å². The van der Waals surface area contributed by atoms with E-state index in [0.29, 0.717) is 17.8 Å². The van der Waals surface area contributed by atoms with Gasteiger partial charge in [0.15, 0.2) is 0 Å². The van der Waals surface area contributed by atoms with Crippen LogP contribution in [-0.4, -0.2) is 33.2 Å². The summed E-state index contributed by atoms with van der Waals surface area (Å²) in [6.45, 7) is 2.50. The quantitative estimate of drug-likeness (QED) is 0.829. The van der Waals surface area contributed by atoms with E-state index in [1.165, 1.54) is 16.1 Å². The number of anilines is 1. The van der Waals surface area contributed by atoms with E-state index in [0.717, 1.165) is 31.2 Å². The van der Waals surface area contributed by atoms with E-state index in [9.17, 15) is 13.2 Å². The highest BCUT2D eigenvalue weighted by Gasteiger charge is 2.24. The summed E-state index contributed by atoms with van der Waals surface area (Å²) in [7, 11) is -3.29. The van der Waals surface area contributed by atoms with Gasteiger partial charge in [-0.3, -0.25) is 9.10 Å². The second-order valence-corrected chi connectivity index (χ2v) is 9.09. The average molecular weight is 387 g/mol. The number of benzene rings is 2. The van der Waals surface area contributed by atoms with E-state index >= 15 is 0 Å². The molecule has 1 heterocycles. The maximum atomic E-state index is 12.6. The van der Waals surface area contributed by atoms with Crippen molar-refractivity contribution in [2.75, 3.05) is 17.1 Å². The van der Waals surface area contributed by atoms with E-state index in [-0.39, 0.29) is 11.9 Å². The summed E-state index contributed by atoms with van der Waals surface area (Å²) in [6, 6.07) is 15.6. The maximum absolute atomic E-state index is 12.6. The first-order chi connectivity index (χ1) is 12.8. The van der Waals surface area contributed by atoms with Crippen LogP contribution in [0.1, 0.15) is 41.3 Å². The summed E-state index contributed by atoms with van der Waals surface area (Å²) in [5, 5.41) is 3.04. The Hall–Kier alpha value is -2.34. The van der Waals surface area contributed by atoms with Crippen molar-refractivity contribution in [3.05, 3.63) is 65.2 Å². The third kappa shape index (κ3) is 4.89. The largest absolute Gasteiger partial charge is 0.350 e. The molecule has 5 nitrogen and oxygen atoms in total. The smallest absolute Gasteiger partial charge is 0.251 e. The van der Waals surface area contributed by atoms with Crippen LogP contribution in [0.2, 0.25) is 0 Å². The number of amides is 1. The number of fused-ring (bicyclic) bond motifs is 1. The summed E-state index contributed by atoms with van der Waals surface area (Å²) in [4.78, 5) is 12.6. The molecule has 1 amide bonds. The number of hydrogen-bond donors (Lipinski definition) is 1. The molecule has 27 heavy (non-hydrogen) atoms. The van der Waals surface area contributed by atoms with Crippen LogP contribution in [0.25, 0.3) is 0 Å². The topological polar surface area (TPSA) is 66.5 Å². The molecule has 1 atom stereocenters. The standard InChI is InChI=1S/C21H26N2O3S/c1-16(10-11-17-7-4-3-5-8-17)22-21(24)19-12-13-20-18(15-19)9-6-14-23(20)27(2,25)26/h3-5,7-8,12-13,15-16H,6,9-11,14H2,1-2H3,(H,22,24)/t16-/m1/s1. The van der Waals surface area contributed by atoms with Crippen LogP contribution in [0, 0.1) is 0 Å². The Balaban J connectivity index is 1.65. The number of carbonyl (C=O) groups is 1. The Kier molecular flexibility index (Phi) is 5.85. The Morgan fingerprint density at radius 1 is 1.19 bits per heavy atom. The van der Waals surface area contributed by atoms with E-state index in [2.05, 4.69) is 17.4 Å². The Bertz CT molecular complexity index is 910. The second-order valence-electron chi connectivity index (χ2n) is 7.18. The average Bonchev–Trinajstić information content (AvgIpc) is 2.65. The zero-order chi connectivity index (χ0) is 19.4. The van der Waals surface area contributed by atoms with Gasteiger partial charge in [-0.15, -0.1) is 0 Å². The molecular formula is C21H26N2O3S. The maximum Gasteiger partial charge on any atom is 0.251 e. The molecule has 2 aromatic rings. The van der Waals surface area contributed by atoms with Crippen LogP contribution in [0.5, 0.6) is 0 Å². The lowest BCUT2D eigenvalue weighted by Crippen LogP contribution is -2.35. The Labute approximate surface area is 161 Å². The third-order valence-corrected chi connectivity index (χ3v) is 6.08. The minimum Gasteiger partial charge on any atom is -0.350 e. The van der Waals surface area contributed by atoms with Gasteiger partial charge in [-0.25, -0.2) is 8.42 Å². The van der Waals surface area contributed by atoms with Crippen LogP contribution in [0.4, 0.5) is 5.69 Å². The van der Waals surface area contributed by atoms with Crippen LogP contribution in [0.3, 0.4) is 0 Å². The fourth-order valence-corrected chi connectivity index (χ4v) is 4.45. The van der Waals surface area contributed by atoms with Crippen LogP contribution in [0.15, 0.2) is 48.5 Å². The van der Waals surface area contributed by atoms with Gasteiger partial charge in [0, 0.05) is 18.2 Å². The first-order valence-electron chi connectivity index (χ1n) is 9.30. The van der Waals surface area contributed by atoms with Gasteiger partial charge in [-0.1, -0.05) is 30.3 Å². The third-order valence-electron chi connectivity index (χ3n) is 4.90. The number of aryl methyl sites for hydroxylation is 2. The summed E-state index contributed by atoms with van der Waals surface area (Å²) >= 11 is 0. The zero-order valence-electron chi connectivity index (χ0n) is 15.8. The molecule has 3 rings (SSSR count). The number of nitrogens with one attached hydrogen (secondary N) is 1. The molecule has 0 aliphatic carbocycles. The van der Waals surface area contributed by atoms with Crippen molar-refractivity contribution in [2.24, 2.45) is 0 Å².